The average molecular weight is 601 g/mol. The van der Waals surface area contributed by atoms with Crippen LogP contribution in [0.3, 0.4) is 0 Å². The Morgan fingerprint density at radius 3 is 2.74 bits per heavy atom. The van der Waals surface area contributed by atoms with Crippen molar-refractivity contribution in [2.75, 3.05) is 56.6 Å². The summed E-state index contributed by atoms with van der Waals surface area (Å²) in [4.78, 5) is 26.5. The zero-order chi connectivity index (χ0) is 30.1. The summed E-state index contributed by atoms with van der Waals surface area (Å²) in [5.74, 6) is -0.972. The molecule has 15 heteroatoms. The Morgan fingerprint density at radius 1 is 1.16 bits per heavy atom. The molecule has 0 spiro atoms. The van der Waals surface area contributed by atoms with Gasteiger partial charge >= 0.3 is 5.69 Å². The van der Waals surface area contributed by atoms with Crippen LogP contribution in [0.15, 0.2) is 23.1 Å². The van der Waals surface area contributed by atoms with E-state index in [9.17, 15) is 9.18 Å². The smallest absolute Gasteiger partial charge is 0.383 e. The molecule has 2 aromatic heterocycles. The van der Waals surface area contributed by atoms with Crippen molar-refractivity contribution in [3.8, 4) is 11.4 Å². The van der Waals surface area contributed by atoms with Crippen LogP contribution in [0.5, 0.6) is 5.75 Å². The van der Waals surface area contributed by atoms with Gasteiger partial charge in [-0.3, -0.25) is 9.80 Å². The molecule has 3 fully saturated rings. The Bertz CT molecular complexity index is 1510. The van der Waals surface area contributed by atoms with Crippen LogP contribution < -0.4 is 21.1 Å². The van der Waals surface area contributed by atoms with Gasteiger partial charge in [-0.2, -0.15) is 4.98 Å². The maximum absolute atomic E-state index is 15.4. The summed E-state index contributed by atoms with van der Waals surface area (Å²) in [5.41, 5.74) is -0.304. The number of nitrogens with zero attached hydrogens (tertiary/aromatic N) is 8. The molecule has 2 atom stereocenters. The van der Waals surface area contributed by atoms with E-state index in [2.05, 4.69) is 54.6 Å². The van der Waals surface area contributed by atoms with E-state index in [1.807, 2.05) is 0 Å². The first-order chi connectivity index (χ1) is 20.7. The number of anilines is 3. The van der Waals surface area contributed by atoms with Crippen LogP contribution in [0.1, 0.15) is 39.5 Å². The quantitative estimate of drug-likeness (QED) is 0.376. The first kappa shape index (κ1) is 29.4. The molecule has 0 unspecified atom stereocenters. The Morgan fingerprint density at radius 2 is 1.98 bits per heavy atom. The normalized spacial score (nSPS) is 22.3. The van der Waals surface area contributed by atoms with Gasteiger partial charge in [-0.15, -0.1) is 4.80 Å². The molecular weight excluding hydrogens is 562 g/mol. The molecule has 5 heterocycles. The second-order valence-electron chi connectivity index (χ2n) is 12.0. The Hall–Kier alpha value is -3.69. The minimum Gasteiger partial charge on any atom is -0.490 e. The highest BCUT2D eigenvalue weighted by Gasteiger charge is 2.43. The molecule has 2 N–H and O–H groups in total. The second-order valence-corrected chi connectivity index (χ2v) is 12.0. The summed E-state index contributed by atoms with van der Waals surface area (Å²) >= 11 is 0. The van der Waals surface area contributed by atoms with E-state index in [0.717, 1.165) is 45.1 Å². The van der Waals surface area contributed by atoms with Crippen molar-refractivity contribution in [3.63, 3.8) is 0 Å². The van der Waals surface area contributed by atoms with Crippen LogP contribution in [0.4, 0.5) is 26.2 Å². The third-order valence-electron chi connectivity index (χ3n) is 8.60. The predicted molar refractivity (Wildman–Crippen MR) is 155 cm³/mol. The van der Waals surface area contributed by atoms with E-state index >= 15 is 4.39 Å². The highest BCUT2D eigenvalue weighted by molar-refractivity contribution is 5.63. The van der Waals surface area contributed by atoms with Crippen molar-refractivity contribution in [1.29, 1.82) is 0 Å². The van der Waals surface area contributed by atoms with Gasteiger partial charge in [0.2, 0.25) is 5.95 Å². The van der Waals surface area contributed by atoms with Crippen molar-refractivity contribution < 1.29 is 18.3 Å². The number of hydrogen-bond acceptors (Lipinski definition) is 11. The first-order valence-corrected chi connectivity index (χ1v) is 14.8. The number of ether oxygens (including phenoxy) is 2. The fraction of sp³-hybridized carbons (Fsp3) is 0.607. The van der Waals surface area contributed by atoms with Crippen LogP contribution in [-0.4, -0.2) is 103 Å². The fourth-order valence-corrected chi connectivity index (χ4v) is 6.48. The molecule has 3 aliphatic rings. The fourth-order valence-electron chi connectivity index (χ4n) is 6.48. The largest absolute Gasteiger partial charge is 0.490 e. The van der Waals surface area contributed by atoms with E-state index in [-0.39, 0.29) is 47.1 Å². The lowest BCUT2D eigenvalue weighted by Crippen LogP contribution is -2.55. The molecule has 0 saturated carbocycles. The Kier molecular flexibility index (Phi) is 8.29. The number of fused-ring (bicyclic) bond motifs is 1. The van der Waals surface area contributed by atoms with Gasteiger partial charge in [-0.1, -0.05) is 5.10 Å². The maximum Gasteiger partial charge on any atom is 0.383 e. The van der Waals surface area contributed by atoms with E-state index in [1.54, 1.807) is 0 Å². The Balaban J connectivity index is 1.22. The first-order valence-electron chi connectivity index (χ1n) is 14.8. The lowest BCUT2D eigenvalue weighted by molar-refractivity contribution is 0.0322. The summed E-state index contributed by atoms with van der Waals surface area (Å²) in [7, 11) is 1.49. The number of piperidine rings is 1. The topological polar surface area (TPSA) is 127 Å². The summed E-state index contributed by atoms with van der Waals surface area (Å²) in [6, 6.07) is 3.14. The Labute approximate surface area is 248 Å². The van der Waals surface area contributed by atoms with Gasteiger partial charge in [0, 0.05) is 50.4 Å². The van der Waals surface area contributed by atoms with Crippen LogP contribution in [-0.2, 0) is 11.8 Å². The third-order valence-corrected chi connectivity index (χ3v) is 8.60. The summed E-state index contributed by atoms with van der Waals surface area (Å²) in [6.45, 7) is 9.34. The number of benzene rings is 1. The number of rotatable bonds is 9. The number of hydrogen-bond donors (Lipinski definition) is 2. The zero-order valence-electron chi connectivity index (χ0n) is 24.7. The van der Waals surface area contributed by atoms with Gasteiger partial charge in [0.05, 0.1) is 25.1 Å². The molecule has 3 aliphatic heterocycles. The van der Waals surface area contributed by atoms with E-state index in [1.165, 1.54) is 35.1 Å². The molecule has 43 heavy (non-hydrogen) atoms. The molecular formula is C28H38F2N10O3. The van der Waals surface area contributed by atoms with Crippen LogP contribution in [0, 0.1) is 11.6 Å². The number of halogens is 2. The van der Waals surface area contributed by atoms with Crippen molar-refractivity contribution in [1.82, 2.24) is 39.6 Å². The lowest BCUT2D eigenvalue weighted by Gasteiger charge is -2.47. The lowest BCUT2D eigenvalue weighted by atomic mass is 9.84. The van der Waals surface area contributed by atoms with E-state index in [4.69, 9.17) is 9.47 Å². The molecule has 0 amide bonds. The second kappa shape index (κ2) is 12.1. The zero-order valence-corrected chi connectivity index (χ0v) is 24.7. The molecule has 3 saturated heterocycles. The average Bonchev–Trinajstić information content (AvgIpc) is 3.59. The minimum absolute atomic E-state index is 0.00330. The standard InChI is InChI=1S/C28H38F2N10O3/c1-28(2)16-18(13-19-5-4-6-39(19)28)32-25-21(30)17-31-26(34-25)33-22-15-23(40-36-35-27(41)37(40)3)24(14-20(22)29)43-12-9-38-7-10-42-11-8-38/h14-15,17-19H,4-13,16H2,1-3H3,(H2,31,32,33,34)/t18-,19+/m1/s1. The molecule has 3 aromatic rings. The maximum atomic E-state index is 15.4. The molecule has 0 bridgehead atoms. The van der Waals surface area contributed by atoms with Gasteiger partial charge in [0.1, 0.15) is 18.0 Å². The third kappa shape index (κ3) is 6.33. The molecule has 0 aliphatic carbocycles. The highest BCUT2D eigenvalue weighted by Crippen LogP contribution is 2.39. The van der Waals surface area contributed by atoms with Crippen molar-refractivity contribution in [2.24, 2.45) is 7.05 Å². The molecule has 232 valence electrons. The van der Waals surface area contributed by atoms with Gasteiger partial charge in [0.15, 0.2) is 17.5 Å². The van der Waals surface area contributed by atoms with Gasteiger partial charge in [-0.25, -0.2) is 23.2 Å². The minimum atomic E-state index is -0.645. The van der Waals surface area contributed by atoms with Crippen LogP contribution >= 0.6 is 0 Å². The number of nitrogens with one attached hydrogen (secondary N) is 2. The number of morpholine rings is 1. The molecule has 6 rings (SSSR count). The van der Waals surface area contributed by atoms with Crippen LogP contribution in [0.2, 0.25) is 0 Å². The van der Waals surface area contributed by atoms with Crippen molar-refractivity contribution in [3.05, 3.63) is 40.4 Å². The number of aromatic nitrogens is 6. The van der Waals surface area contributed by atoms with Crippen LogP contribution in [0.25, 0.3) is 5.69 Å². The van der Waals surface area contributed by atoms with E-state index in [0.29, 0.717) is 25.8 Å². The molecule has 0 radical (unpaired) electrons. The van der Waals surface area contributed by atoms with Gasteiger partial charge in [0.25, 0.3) is 0 Å². The van der Waals surface area contributed by atoms with E-state index < -0.39 is 17.3 Å². The summed E-state index contributed by atoms with van der Waals surface area (Å²) in [5, 5.41) is 13.6. The number of tetrazole rings is 1. The monoisotopic (exact) mass is 600 g/mol. The van der Waals surface area contributed by atoms with Gasteiger partial charge in [-0.05, 0) is 57.4 Å². The summed E-state index contributed by atoms with van der Waals surface area (Å²) in [6.07, 6.45) is 5.11. The highest BCUT2D eigenvalue weighted by atomic mass is 19.1. The SMILES string of the molecule is Cn1c(=O)nnn1-c1cc(Nc2ncc(F)c(N[C@@H]3C[C@@H]4CCCN4C(C)(C)C3)n2)c(F)cc1OCCN1CCOCC1. The predicted octanol–water partition coefficient (Wildman–Crippen LogP) is 2.31. The molecule has 13 nitrogen and oxygen atoms in total. The van der Waals surface area contributed by atoms with Gasteiger partial charge < -0.3 is 20.1 Å². The molecule has 1 aromatic carbocycles. The van der Waals surface area contributed by atoms with Crippen molar-refractivity contribution in [2.45, 2.75) is 57.2 Å². The van der Waals surface area contributed by atoms with Crippen molar-refractivity contribution >= 4 is 17.5 Å². The summed E-state index contributed by atoms with van der Waals surface area (Å²) < 4.78 is 42.8.